The fraction of sp³-hybridized carbons (Fsp3) is 0.273. The number of anilines is 2. The predicted octanol–water partition coefficient (Wildman–Crippen LogP) is 6.37. The van der Waals surface area contributed by atoms with Gasteiger partial charge >= 0.3 is 6.03 Å². The minimum Gasteiger partial charge on any atom is -0.322 e. The Bertz CT molecular complexity index is 1830. The first-order valence-corrected chi connectivity index (χ1v) is 16.4. The highest BCUT2D eigenvalue weighted by Gasteiger charge is 2.22. The van der Waals surface area contributed by atoms with Crippen molar-refractivity contribution in [1.29, 1.82) is 0 Å². The lowest BCUT2D eigenvalue weighted by molar-refractivity contribution is 0.154. The van der Waals surface area contributed by atoms with E-state index in [1.165, 1.54) is 11.1 Å². The molecule has 1 fully saturated rings. The van der Waals surface area contributed by atoms with E-state index in [9.17, 15) is 13.2 Å². The van der Waals surface area contributed by atoms with Gasteiger partial charge in [-0.25, -0.2) is 18.2 Å². The summed E-state index contributed by atoms with van der Waals surface area (Å²) in [5.74, 6) is 0. The van der Waals surface area contributed by atoms with Gasteiger partial charge in [0.25, 0.3) is 0 Å². The SMILES string of the molecule is CC1=CCCC=C1CN1CCN(C(=O)Nc2ccc(-c3ccc4ncn(-c5cccc(NS(C)(=O)=O)c5)c4c3)cc2)CC1.[HH].[HH]. The van der Waals surface area contributed by atoms with Crippen molar-refractivity contribution in [1.82, 2.24) is 19.4 Å². The molecule has 6 rings (SSSR count). The first-order valence-electron chi connectivity index (χ1n) is 14.5. The number of hydrogen-bond donors (Lipinski definition) is 2. The largest absolute Gasteiger partial charge is 0.322 e. The Morgan fingerprint density at radius 1 is 0.907 bits per heavy atom. The second-order valence-electron chi connectivity index (χ2n) is 11.2. The quantitative estimate of drug-likeness (QED) is 0.257. The molecule has 1 aliphatic heterocycles. The summed E-state index contributed by atoms with van der Waals surface area (Å²) in [5, 5.41) is 3.06. The molecule has 1 aliphatic carbocycles. The lowest BCUT2D eigenvalue weighted by Crippen LogP contribution is -2.50. The molecular formula is C33H40N6O3S. The van der Waals surface area contributed by atoms with Gasteiger partial charge in [-0.1, -0.05) is 42.0 Å². The number of piperazine rings is 1. The summed E-state index contributed by atoms with van der Waals surface area (Å²) in [6.45, 7) is 6.31. The van der Waals surface area contributed by atoms with E-state index in [0.717, 1.165) is 72.3 Å². The number of allylic oxidation sites excluding steroid dienone is 2. The van der Waals surface area contributed by atoms with Crippen LogP contribution in [-0.4, -0.2) is 72.8 Å². The predicted molar refractivity (Wildman–Crippen MR) is 177 cm³/mol. The molecule has 2 N–H and O–H groups in total. The zero-order valence-electron chi connectivity index (χ0n) is 24.5. The third kappa shape index (κ3) is 6.81. The normalized spacial score (nSPS) is 16.1. The van der Waals surface area contributed by atoms with E-state index in [-0.39, 0.29) is 8.88 Å². The van der Waals surface area contributed by atoms with Crippen molar-refractivity contribution in [3.05, 3.63) is 96.4 Å². The van der Waals surface area contributed by atoms with Crippen LogP contribution in [-0.2, 0) is 10.0 Å². The minimum atomic E-state index is -3.38. The first-order chi connectivity index (χ1) is 20.7. The summed E-state index contributed by atoms with van der Waals surface area (Å²) < 4.78 is 27.9. The first kappa shape index (κ1) is 28.7. The lowest BCUT2D eigenvalue weighted by Gasteiger charge is -2.35. The second-order valence-corrected chi connectivity index (χ2v) is 13.0. The zero-order chi connectivity index (χ0) is 30.0. The summed E-state index contributed by atoms with van der Waals surface area (Å²) in [6, 6.07) is 21.0. The number of urea groups is 1. The molecule has 10 heteroatoms. The van der Waals surface area contributed by atoms with E-state index in [1.807, 2.05) is 51.9 Å². The highest BCUT2D eigenvalue weighted by atomic mass is 32.2. The van der Waals surface area contributed by atoms with Crippen molar-refractivity contribution in [3.63, 3.8) is 0 Å². The maximum Gasteiger partial charge on any atom is 0.321 e. The monoisotopic (exact) mass is 600 g/mol. The van der Waals surface area contributed by atoms with Crippen LogP contribution in [0.2, 0.25) is 0 Å². The highest BCUT2D eigenvalue weighted by Crippen LogP contribution is 2.28. The molecule has 2 heterocycles. The molecule has 0 bridgehead atoms. The molecule has 0 saturated carbocycles. The number of carbonyl (C=O) groups excluding carboxylic acids is 1. The van der Waals surface area contributed by atoms with Crippen molar-refractivity contribution in [2.45, 2.75) is 19.8 Å². The third-order valence-corrected chi connectivity index (χ3v) is 8.62. The number of imidazole rings is 1. The fourth-order valence-electron chi connectivity index (χ4n) is 5.66. The summed E-state index contributed by atoms with van der Waals surface area (Å²) in [6.07, 6.45) is 9.79. The van der Waals surface area contributed by atoms with Gasteiger partial charge < -0.3 is 10.2 Å². The van der Waals surface area contributed by atoms with Crippen molar-refractivity contribution < 1.29 is 16.1 Å². The highest BCUT2D eigenvalue weighted by molar-refractivity contribution is 7.92. The van der Waals surface area contributed by atoms with Crippen LogP contribution in [0, 0.1) is 0 Å². The number of nitrogens with zero attached hydrogens (tertiary/aromatic N) is 4. The number of sulfonamides is 1. The van der Waals surface area contributed by atoms with Gasteiger partial charge in [-0.2, -0.15) is 0 Å². The van der Waals surface area contributed by atoms with Crippen LogP contribution in [0.5, 0.6) is 0 Å². The van der Waals surface area contributed by atoms with E-state index in [2.05, 4.69) is 45.1 Å². The van der Waals surface area contributed by atoms with Crippen molar-refractivity contribution >= 4 is 38.5 Å². The van der Waals surface area contributed by atoms with E-state index in [1.54, 1.807) is 24.5 Å². The van der Waals surface area contributed by atoms with Gasteiger partial charge in [0.1, 0.15) is 6.33 Å². The van der Waals surface area contributed by atoms with Gasteiger partial charge in [0.2, 0.25) is 10.0 Å². The molecule has 1 aromatic heterocycles. The molecular weight excluding hydrogens is 560 g/mol. The number of nitrogens with one attached hydrogen (secondary N) is 2. The Kier molecular flexibility index (Phi) is 8.05. The van der Waals surface area contributed by atoms with Crippen LogP contribution in [0.25, 0.3) is 27.8 Å². The molecule has 3 aromatic carbocycles. The lowest BCUT2D eigenvalue weighted by atomic mass is 9.98. The molecule has 43 heavy (non-hydrogen) atoms. The van der Waals surface area contributed by atoms with Crippen LogP contribution < -0.4 is 10.0 Å². The summed E-state index contributed by atoms with van der Waals surface area (Å²) in [4.78, 5) is 21.8. The van der Waals surface area contributed by atoms with E-state index in [0.29, 0.717) is 18.8 Å². The molecule has 0 unspecified atom stereocenters. The van der Waals surface area contributed by atoms with Crippen molar-refractivity contribution in [3.8, 4) is 16.8 Å². The molecule has 0 atom stereocenters. The number of fused-ring (bicyclic) bond motifs is 1. The van der Waals surface area contributed by atoms with Crippen molar-refractivity contribution in [2.24, 2.45) is 0 Å². The average Bonchev–Trinajstić information content (AvgIpc) is 3.42. The van der Waals surface area contributed by atoms with Gasteiger partial charge in [-0.3, -0.25) is 14.2 Å². The standard InChI is InChI=1S/C33H36N6O3S.2H2/c1-24-6-3-4-7-27(24)22-37-16-18-38(19-17-37)33(40)35-28-13-10-25(11-14-28)26-12-15-31-32(20-26)39(23-34-31)30-9-5-8-29(21-30)36-43(2,41)42;;/h5-15,20-21,23,36H,3-4,16-19,22H2,1-2H3,(H,35,40);2*1H. The molecule has 4 aromatic rings. The molecule has 0 radical (unpaired) electrons. The van der Waals surface area contributed by atoms with E-state index < -0.39 is 10.0 Å². The zero-order valence-corrected chi connectivity index (χ0v) is 25.3. The Hall–Kier alpha value is -4.41. The Balaban J connectivity index is 0.00000230. The molecule has 9 nitrogen and oxygen atoms in total. The topological polar surface area (TPSA) is 99.6 Å². The minimum absolute atomic E-state index is 0. The number of aromatic nitrogens is 2. The van der Waals surface area contributed by atoms with Gasteiger partial charge in [0, 0.05) is 47.0 Å². The van der Waals surface area contributed by atoms with E-state index in [4.69, 9.17) is 0 Å². The average molecular weight is 601 g/mol. The smallest absolute Gasteiger partial charge is 0.321 e. The number of hydrogen-bond acceptors (Lipinski definition) is 5. The summed E-state index contributed by atoms with van der Waals surface area (Å²) in [7, 11) is -3.38. The van der Waals surface area contributed by atoms with Gasteiger partial charge in [0.05, 0.1) is 23.0 Å². The number of rotatable bonds is 7. The van der Waals surface area contributed by atoms with Gasteiger partial charge in [-0.15, -0.1) is 0 Å². The van der Waals surface area contributed by atoms with Crippen LogP contribution >= 0.6 is 0 Å². The molecule has 1 saturated heterocycles. The van der Waals surface area contributed by atoms with Crippen LogP contribution in [0.3, 0.4) is 0 Å². The third-order valence-electron chi connectivity index (χ3n) is 8.01. The maximum atomic E-state index is 13.0. The Morgan fingerprint density at radius 3 is 2.40 bits per heavy atom. The van der Waals surface area contributed by atoms with Crippen LogP contribution in [0.1, 0.15) is 22.6 Å². The molecule has 2 amide bonds. The number of amides is 2. The molecule has 2 aliphatic rings. The van der Waals surface area contributed by atoms with Crippen molar-refractivity contribution in [2.75, 3.05) is 49.0 Å². The number of benzene rings is 3. The summed E-state index contributed by atoms with van der Waals surface area (Å²) in [5.41, 5.74) is 8.59. The maximum absolute atomic E-state index is 13.0. The molecule has 226 valence electrons. The van der Waals surface area contributed by atoms with Crippen LogP contribution in [0.4, 0.5) is 16.2 Å². The van der Waals surface area contributed by atoms with Gasteiger partial charge in [-0.05, 0) is 78.9 Å². The fourth-order valence-corrected chi connectivity index (χ4v) is 6.22. The Morgan fingerprint density at radius 2 is 1.65 bits per heavy atom. The van der Waals surface area contributed by atoms with Gasteiger partial charge in [0.15, 0.2) is 0 Å². The number of carbonyl (C=O) groups is 1. The van der Waals surface area contributed by atoms with E-state index >= 15 is 0 Å². The molecule has 0 spiro atoms. The Labute approximate surface area is 255 Å². The second kappa shape index (κ2) is 12.1. The van der Waals surface area contributed by atoms with Crippen LogP contribution in [0.15, 0.2) is 96.4 Å². The summed E-state index contributed by atoms with van der Waals surface area (Å²) >= 11 is 0.